The monoisotopic (exact) mass is 343 g/mol. The van der Waals surface area contributed by atoms with Crippen molar-refractivity contribution in [2.45, 2.75) is 27.2 Å². The summed E-state index contributed by atoms with van der Waals surface area (Å²) in [5.74, 6) is 0.603. The number of furan rings is 1. The third kappa shape index (κ3) is 3.17. The molecule has 0 aliphatic heterocycles. The van der Waals surface area contributed by atoms with Gasteiger partial charge in [0.05, 0.1) is 18.6 Å². The number of carbonyl (C=O) groups is 1. The number of amides is 1. The van der Waals surface area contributed by atoms with Gasteiger partial charge in [0.1, 0.15) is 16.9 Å². The molecular weight excluding hydrogens is 322 g/mol. The van der Waals surface area contributed by atoms with Crippen LogP contribution >= 0.6 is 0 Å². The summed E-state index contributed by atoms with van der Waals surface area (Å²) in [4.78, 5) is 24.4. The molecule has 0 saturated heterocycles. The van der Waals surface area contributed by atoms with Gasteiger partial charge in [-0.05, 0) is 38.0 Å². The molecule has 1 aromatic carbocycles. The van der Waals surface area contributed by atoms with Crippen LogP contribution in [0.2, 0.25) is 0 Å². The minimum absolute atomic E-state index is 0.0186. The maximum absolute atomic E-state index is 12.3. The summed E-state index contributed by atoms with van der Waals surface area (Å²) in [6.45, 7) is 6.56. The Labute approximate surface area is 144 Å². The fourth-order valence-corrected chi connectivity index (χ4v) is 2.94. The molecule has 6 nitrogen and oxygen atoms in total. The summed E-state index contributed by atoms with van der Waals surface area (Å²) in [5.41, 5.74) is 2.85. The molecule has 1 amide bonds. The molecule has 0 spiro atoms. The second-order valence-corrected chi connectivity index (χ2v) is 6.14. The number of carbonyl (C=O) groups excluding carboxylic acids is 1. The van der Waals surface area contributed by atoms with Gasteiger partial charge in [-0.2, -0.15) is 0 Å². The predicted molar refractivity (Wildman–Crippen MR) is 95.1 cm³/mol. The molecule has 3 aromatic rings. The van der Waals surface area contributed by atoms with Crippen LogP contribution in [-0.2, 0) is 16.0 Å². The number of ether oxygens (including phenoxy) is 1. The first-order valence-electron chi connectivity index (χ1n) is 8.14. The zero-order valence-electron chi connectivity index (χ0n) is 14.8. The largest absolute Gasteiger partial charge is 0.461 e. The van der Waals surface area contributed by atoms with Gasteiger partial charge in [-0.1, -0.05) is 0 Å². The molecule has 0 fully saturated rings. The molecule has 2 aromatic heterocycles. The lowest BCUT2D eigenvalue weighted by Crippen LogP contribution is -2.30. The second-order valence-electron chi connectivity index (χ2n) is 6.14. The number of nitrogens with one attached hydrogen (secondary N) is 1. The van der Waals surface area contributed by atoms with E-state index < -0.39 is 5.63 Å². The molecule has 0 atom stereocenters. The highest BCUT2D eigenvalue weighted by Crippen LogP contribution is 2.30. The van der Waals surface area contributed by atoms with Crippen LogP contribution in [0.3, 0.4) is 0 Å². The van der Waals surface area contributed by atoms with E-state index in [0.717, 1.165) is 27.7 Å². The van der Waals surface area contributed by atoms with E-state index in [9.17, 15) is 9.59 Å². The van der Waals surface area contributed by atoms with Gasteiger partial charge >= 0.3 is 5.63 Å². The average Bonchev–Trinajstić information content (AvgIpc) is 2.84. The summed E-state index contributed by atoms with van der Waals surface area (Å²) in [5, 5.41) is 4.52. The zero-order valence-corrected chi connectivity index (χ0v) is 14.8. The van der Waals surface area contributed by atoms with Crippen molar-refractivity contribution >= 4 is 27.8 Å². The first kappa shape index (κ1) is 17.2. The summed E-state index contributed by atoms with van der Waals surface area (Å²) in [7, 11) is 1.56. The van der Waals surface area contributed by atoms with Gasteiger partial charge in [-0.15, -0.1) is 0 Å². The summed E-state index contributed by atoms with van der Waals surface area (Å²) in [6.07, 6.45) is -0.0186. The quantitative estimate of drug-likeness (QED) is 0.569. The van der Waals surface area contributed by atoms with Gasteiger partial charge in [-0.3, -0.25) is 4.79 Å². The van der Waals surface area contributed by atoms with Crippen LogP contribution in [-0.4, -0.2) is 26.2 Å². The number of methoxy groups -OCH3 is 1. The number of hydrogen-bond donors (Lipinski definition) is 1. The topological polar surface area (TPSA) is 81.7 Å². The molecule has 0 unspecified atom stereocenters. The first-order valence-corrected chi connectivity index (χ1v) is 8.14. The molecule has 0 bridgehead atoms. The molecule has 0 aliphatic rings. The van der Waals surface area contributed by atoms with Crippen LogP contribution in [0.15, 0.2) is 25.8 Å². The van der Waals surface area contributed by atoms with Crippen LogP contribution in [0.1, 0.15) is 22.5 Å². The van der Waals surface area contributed by atoms with Crippen LogP contribution in [0.5, 0.6) is 0 Å². The van der Waals surface area contributed by atoms with E-state index in [4.69, 9.17) is 13.6 Å². The predicted octanol–water partition coefficient (Wildman–Crippen LogP) is 2.77. The lowest BCUT2D eigenvalue weighted by Gasteiger charge is -2.08. The minimum Gasteiger partial charge on any atom is -0.461 e. The Morgan fingerprint density at radius 3 is 2.48 bits per heavy atom. The average molecular weight is 343 g/mol. The molecule has 1 N–H and O–H groups in total. The molecule has 6 heteroatoms. The Kier molecular flexibility index (Phi) is 4.63. The summed E-state index contributed by atoms with van der Waals surface area (Å²) in [6, 6.07) is 3.70. The molecule has 25 heavy (non-hydrogen) atoms. The fourth-order valence-electron chi connectivity index (χ4n) is 2.94. The van der Waals surface area contributed by atoms with Crippen molar-refractivity contribution in [2.75, 3.05) is 20.3 Å². The lowest BCUT2D eigenvalue weighted by atomic mass is 10.0. The number of rotatable bonds is 5. The molecule has 3 rings (SSSR count). The van der Waals surface area contributed by atoms with Crippen LogP contribution in [0.4, 0.5) is 0 Å². The summed E-state index contributed by atoms with van der Waals surface area (Å²) >= 11 is 0. The molecule has 0 aliphatic carbocycles. The van der Waals surface area contributed by atoms with Crippen molar-refractivity contribution in [2.24, 2.45) is 0 Å². The van der Waals surface area contributed by atoms with E-state index in [-0.39, 0.29) is 12.3 Å². The lowest BCUT2D eigenvalue weighted by molar-refractivity contribution is -0.120. The number of hydrogen-bond acceptors (Lipinski definition) is 5. The van der Waals surface area contributed by atoms with E-state index in [1.54, 1.807) is 13.2 Å². The maximum Gasteiger partial charge on any atom is 0.340 e. The Morgan fingerprint density at radius 2 is 1.76 bits per heavy atom. The van der Waals surface area contributed by atoms with Crippen LogP contribution < -0.4 is 10.9 Å². The minimum atomic E-state index is -0.494. The highest BCUT2D eigenvalue weighted by molar-refractivity contribution is 5.97. The van der Waals surface area contributed by atoms with Crippen molar-refractivity contribution in [1.29, 1.82) is 0 Å². The molecule has 2 heterocycles. The smallest absolute Gasteiger partial charge is 0.340 e. The normalized spacial score (nSPS) is 11.4. The van der Waals surface area contributed by atoms with Crippen molar-refractivity contribution in [1.82, 2.24) is 5.32 Å². The molecule has 0 radical (unpaired) electrons. The van der Waals surface area contributed by atoms with Crippen LogP contribution in [0.25, 0.3) is 21.9 Å². The Bertz CT molecular complexity index is 1010. The SMILES string of the molecule is COCCNC(=O)Cc1c(C)c2cc3c(C)c(C)oc3cc2oc1=O. The van der Waals surface area contributed by atoms with Crippen molar-refractivity contribution in [3.8, 4) is 0 Å². The number of benzene rings is 1. The Morgan fingerprint density at radius 1 is 1.08 bits per heavy atom. The van der Waals surface area contributed by atoms with Crippen molar-refractivity contribution < 1.29 is 18.4 Å². The van der Waals surface area contributed by atoms with Gasteiger partial charge in [0, 0.05) is 30.5 Å². The van der Waals surface area contributed by atoms with Gasteiger partial charge in [0.2, 0.25) is 5.91 Å². The Hall–Kier alpha value is -2.60. The fraction of sp³-hybridized carbons (Fsp3) is 0.368. The molecular formula is C19H21NO5. The van der Waals surface area contributed by atoms with E-state index in [2.05, 4.69) is 5.32 Å². The van der Waals surface area contributed by atoms with Gasteiger partial charge < -0.3 is 18.9 Å². The third-order valence-electron chi connectivity index (χ3n) is 4.55. The van der Waals surface area contributed by atoms with E-state index in [1.165, 1.54) is 0 Å². The highest BCUT2D eigenvalue weighted by Gasteiger charge is 2.17. The summed E-state index contributed by atoms with van der Waals surface area (Å²) < 4.78 is 16.0. The number of fused-ring (bicyclic) bond motifs is 2. The molecule has 0 saturated carbocycles. The van der Waals surface area contributed by atoms with Crippen molar-refractivity contribution in [3.63, 3.8) is 0 Å². The Balaban J connectivity index is 2.05. The van der Waals surface area contributed by atoms with Gasteiger partial charge in [0.25, 0.3) is 0 Å². The van der Waals surface area contributed by atoms with Crippen LogP contribution in [0, 0.1) is 20.8 Å². The van der Waals surface area contributed by atoms with E-state index >= 15 is 0 Å². The highest BCUT2D eigenvalue weighted by atomic mass is 16.5. The second kappa shape index (κ2) is 6.72. The first-order chi connectivity index (χ1) is 11.9. The van der Waals surface area contributed by atoms with E-state index in [0.29, 0.717) is 29.9 Å². The maximum atomic E-state index is 12.3. The zero-order chi connectivity index (χ0) is 18.1. The van der Waals surface area contributed by atoms with Gasteiger partial charge in [0.15, 0.2) is 0 Å². The van der Waals surface area contributed by atoms with Gasteiger partial charge in [-0.25, -0.2) is 4.79 Å². The van der Waals surface area contributed by atoms with E-state index in [1.807, 2.05) is 26.8 Å². The van der Waals surface area contributed by atoms with Crippen molar-refractivity contribution in [3.05, 3.63) is 45.0 Å². The standard InChI is InChI=1S/C19H21NO5/c1-10-12(3)24-16-9-17-14(7-13(10)16)11(2)15(19(22)25-17)8-18(21)20-5-6-23-4/h7,9H,5-6,8H2,1-4H3,(H,20,21). The number of aryl methyl sites for hydroxylation is 3. The molecule has 132 valence electrons. The third-order valence-corrected chi connectivity index (χ3v) is 4.55.